The molecule has 4 aromatic rings. The highest BCUT2D eigenvalue weighted by atomic mass is 19.4. The van der Waals surface area contributed by atoms with Crippen LogP contribution in [-0.2, 0) is 13.2 Å². The number of aryl methyl sites for hydroxylation is 1. The topological polar surface area (TPSA) is 49.2 Å². The van der Waals surface area contributed by atoms with Gasteiger partial charge in [-0.3, -0.25) is 4.68 Å². The van der Waals surface area contributed by atoms with Gasteiger partial charge in [0.25, 0.3) is 0 Å². The van der Waals surface area contributed by atoms with Crippen LogP contribution < -0.4 is 9.47 Å². The molecule has 0 N–H and O–H groups in total. The molecule has 5 nitrogen and oxygen atoms in total. The quantitative estimate of drug-likeness (QED) is 0.453. The molecule has 4 rings (SSSR count). The van der Waals surface area contributed by atoms with Crippen LogP contribution >= 0.6 is 0 Å². The van der Waals surface area contributed by atoms with Gasteiger partial charge in [-0.05, 0) is 35.4 Å². The number of nitrogens with zero attached hydrogens (tertiary/aromatic N) is 3. The fourth-order valence-corrected chi connectivity index (χ4v) is 3.33. The third-order valence-corrected chi connectivity index (χ3v) is 4.84. The van der Waals surface area contributed by atoms with Crippen LogP contribution in [0.1, 0.15) is 5.56 Å². The summed E-state index contributed by atoms with van der Waals surface area (Å²) in [6, 6.07) is 10.4. The molecule has 0 saturated carbocycles. The summed E-state index contributed by atoms with van der Waals surface area (Å²) in [7, 11) is 4.86. The van der Waals surface area contributed by atoms with Gasteiger partial charge in [0.2, 0.25) is 0 Å². The van der Waals surface area contributed by atoms with Crippen molar-refractivity contribution in [2.45, 2.75) is 6.18 Å². The second kappa shape index (κ2) is 7.37. The average Bonchev–Trinajstić information content (AvgIpc) is 3.17. The van der Waals surface area contributed by atoms with E-state index in [2.05, 4.69) is 5.10 Å². The van der Waals surface area contributed by atoms with Gasteiger partial charge in [0, 0.05) is 30.3 Å². The molecule has 0 aliphatic heterocycles. The molecular weight excluding hydrogens is 395 g/mol. The second-order valence-electron chi connectivity index (χ2n) is 6.76. The van der Waals surface area contributed by atoms with E-state index >= 15 is 0 Å². The average molecular weight is 413 g/mol. The number of rotatable bonds is 4. The molecule has 0 aliphatic rings. The van der Waals surface area contributed by atoms with Gasteiger partial charge in [0.1, 0.15) is 0 Å². The minimum Gasteiger partial charge on any atom is -0.493 e. The summed E-state index contributed by atoms with van der Waals surface area (Å²) < 4.78 is 51.4. The maximum Gasteiger partial charge on any atom is 0.416 e. The van der Waals surface area contributed by atoms with E-state index in [0.29, 0.717) is 28.3 Å². The highest BCUT2D eigenvalue weighted by Gasteiger charge is 2.30. The van der Waals surface area contributed by atoms with Gasteiger partial charge in [-0.25, -0.2) is 4.98 Å². The van der Waals surface area contributed by atoms with E-state index in [1.54, 1.807) is 30.1 Å². The van der Waals surface area contributed by atoms with E-state index in [0.717, 1.165) is 28.6 Å². The molecule has 0 saturated heterocycles. The Labute approximate surface area is 170 Å². The predicted octanol–water partition coefficient (Wildman–Crippen LogP) is 5.34. The van der Waals surface area contributed by atoms with Crippen LogP contribution in [-0.4, -0.2) is 29.0 Å². The Morgan fingerprint density at radius 3 is 2.13 bits per heavy atom. The summed E-state index contributed by atoms with van der Waals surface area (Å²) >= 11 is 0. The number of alkyl halides is 3. The fourth-order valence-electron chi connectivity index (χ4n) is 3.33. The molecule has 2 heterocycles. The van der Waals surface area contributed by atoms with Crippen molar-refractivity contribution in [2.24, 2.45) is 7.05 Å². The van der Waals surface area contributed by atoms with Crippen LogP contribution in [0.3, 0.4) is 0 Å². The molecule has 0 aliphatic carbocycles. The maximum absolute atomic E-state index is 13.0. The van der Waals surface area contributed by atoms with Crippen LogP contribution in [0, 0.1) is 0 Å². The molecule has 2 aromatic carbocycles. The summed E-state index contributed by atoms with van der Waals surface area (Å²) in [5.41, 5.74) is 2.74. The third-order valence-electron chi connectivity index (χ3n) is 4.84. The molecule has 0 radical (unpaired) electrons. The molecule has 0 unspecified atom stereocenters. The molecular formula is C22H18F3N3O2. The molecule has 8 heteroatoms. The maximum atomic E-state index is 13.0. The zero-order valence-corrected chi connectivity index (χ0v) is 16.5. The van der Waals surface area contributed by atoms with Crippen molar-refractivity contribution in [3.63, 3.8) is 0 Å². The first-order valence-electron chi connectivity index (χ1n) is 9.03. The van der Waals surface area contributed by atoms with E-state index in [9.17, 15) is 13.2 Å². The number of ether oxygens (including phenoxy) is 2. The van der Waals surface area contributed by atoms with E-state index in [-0.39, 0.29) is 0 Å². The van der Waals surface area contributed by atoms with Gasteiger partial charge >= 0.3 is 6.18 Å². The minimum atomic E-state index is -4.39. The first-order valence-corrected chi connectivity index (χ1v) is 9.03. The fraction of sp³-hybridized carbons (Fsp3) is 0.182. The van der Waals surface area contributed by atoms with Gasteiger partial charge in [0.15, 0.2) is 11.5 Å². The van der Waals surface area contributed by atoms with Crippen LogP contribution in [0.2, 0.25) is 0 Å². The van der Waals surface area contributed by atoms with Gasteiger partial charge in [-0.1, -0.05) is 12.1 Å². The van der Waals surface area contributed by atoms with Gasteiger partial charge < -0.3 is 9.47 Å². The van der Waals surface area contributed by atoms with Gasteiger partial charge in [0.05, 0.1) is 37.2 Å². The summed E-state index contributed by atoms with van der Waals surface area (Å²) in [4.78, 5) is 4.72. The molecule has 30 heavy (non-hydrogen) atoms. The van der Waals surface area contributed by atoms with Crippen molar-refractivity contribution in [1.82, 2.24) is 14.8 Å². The Morgan fingerprint density at radius 1 is 0.900 bits per heavy atom. The Kier molecular flexibility index (Phi) is 4.85. The SMILES string of the molecule is COc1cc2nc(-c3cnn(C)c3)cc(-c3ccc(C(F)(F)F)cc3)c2cc1OC. The zero-order valence-electron chi connectivity index (χ0n) is 16.5. The Hall–Kier alpha value is -3.55. The normalized spacial score (nSPS) is 11.7. The van der Waals surface area contributed by atoms with Crippen molar-refractivity contribution >= 4 is 10.9 Å². The van der Waals surface area contributed by atoms with Crippen molar-refractivity contribution < 1.29 is 22.6 Å². The summed E-state index contributed by atoms with van der Waals surface area (Å²) in [6.45, 7) is 0. The second-order valence-corrected chi connectivity index (χ2v) is 6.76. The van der Waals surface area contributed by atoms with Gasteiger partial charge in [-0.15, -0.1) is 0 Å². The van der Waals surface area contributed by atoms with Crippen molar-refractivity contribution in [2.75, 3.05) is 14.2 Å². The van der Waals surface area contributed by atoms with E-state index in [1.807, 2.05) is 12.3 Å². The predicted molar refractivity (Wildman–Crippen MR) is 107 cm³/mol. The molecule has 0 amide bonds. The monoisotopic (exact) mass is 413 g/mol. The largest absolute Gasteiger partial charge is 0.493 e. The van der Waals surface area contributed by atoms with Crippen LogP contribution in [0.15, 0.2) is 54.9 Å². The van der Waals surface area contributed by atoms with Crippen LogP contribution in [0.4, 0.5) is 13.2 Å². The third kappa shape index (κ3) is 3.56. The smallest absolute Gasteiger partial charge is 0.416 e. The molecule has 2 aromatic heterocycles. The number of halogens is 3. The number of aromatic nitrogens is 3. The lowest BCUT2D eigenvalue weighted by molar-refractivity contribution is -0.137. The van der Waals surface area contributed by atoms with Crippen molar-refractivity contribution in [3.8, 4) is 33.9 Å². The highest BCUT2D eigenvalue weighted by molar-refractivity contribution is 5.98. The highest BCUT2D eigenvalue weighted by Crippen LogP contribution is 2.39. The molecule has 0 bridgehead atoms. The summed E-state index contributed by atoms with van der Waals surface area (Å²) in [5.74, 6) is 1.02. The van der Waals surface area contributed by atoms with Crippen molar-refractivity contribution in [3.05, 3.63) is 60.4 Å². The summed E-state index contributed by atoms with van der Waals surface area (Å²) in [5, 5.41) is 4.92. The number of benzene rings is 2. The Balaban J connectivity index is 1.97. The van der Waals surface area contributed by atoms with Crippen molar-refractivity contribution in [1.29, 1.82) is 0 Å². The number of hydrogen-bond acceptors (Lipinski definition) is 4. The molecule has 0 fully saturated rings. The standard InChI is InChI=1S/C22H18F3N3O2/c1-28-12-14(11-26-28)18-8-16(13-4-6-15(7-5-13)22(23,24)25)17-9-20(29-2)21(30-3)10-19(17)27-18/h4-12H,1-3H3. The minimum absolute atomic E-state index is 0.508. The summed E-state index contributed by atoms with van der Waals surface area (Å²) in [6.07, 6.45) is -0.882. The molecule has 0 spiro atoms. The Morgan fingerprint density at radius 2 is 1.57 bits per heavy atom. The van der Waals surface area contributed by atoms with E-state index in [1.165, 1.54) is 26.4 Å². The van der Waals surface area contributed by atoms with E-state index < -0.39 is 11.7 Å². The number of pyridine rings is 1. The van der Waals surface area contributed by atoms with Crippen LogP contribution in [0.5, 0.6) is 11.5 Å². The lowest BCUT2D eigenvalue weighted by atomic mass is 9.97. The first-order chi connectivity index (χ1) is 14.3. The number of hydrogen-bond donors (Lipinski definition) is 0. The lowest BCUT2D eigenvalue weighted by Gasteiger charge is -2.14. The van der Waals surface area contributed by atoms with Crippen LogP contribution in [0.25, 0.3) is 33.3 Å². The number of methoxy groups -OCH3 is 2. The molecule has 0 atom stereocenters. The van der Waals surface area contributed by atoms with Gasteiger partial charge in [-0.2, -0.15) is 18.3 Å². The number of fused-ring (bicyclic) bond motifs is 1. The Bertz CT molecular complexity index is 1220. The zero-order chi connectivity index (χ0) is 21.5. The lowest BCUT2D eigenvalue weighted by Crippen LogP contribution is -2.04. The molecule has 154 valence electrons. The first kappa shape index (κ1) is 19.8. The van der Waals surface area contributed by atoms with E-state index in [4.69, 9.17) is 14.5 Å².